The molecule has 3 atom stereocenters. The number of carbonyl (C=O) groups excluding carboxylic acids is 2. The third kappa shape index (κ3) is 6.69. The molecule has 0 spiro atoms. The Hall–Kier alpha value is -3.62. The van der Waals surface area contributed by atoms with E-state index in [4.69, 9.17) is 4.74 Å². The van der Waals surface area contributed by atoms with Crippen molar-refractivity contribution < 1.29 is 22.7 Å². The van der Waals surface area contributed by atoms with E-state index in [2.05, 4.69) is 22.7 Å². The molecule has 10 nitrogen and oxygen atoms in total. The van der Waals surface area contributed by atoms with Gasteiger partial charge in [0.1, 0.15) is 17.8 Å². The van der Waals surface area contributed by atoms with Crippen LogP contribution in [0.15, 0.2) is 53.7 Å². The number of benzene rings is 1. The van der Waals surface area contributed by atoms with Crippen LogP contribution in [0.25, 0.3) is 10.9 Å². The maximum atomic E-state index is 13.9. The van der Waals surface area contributed by atoms with E-state index in [1.807, 2.05) is 0 Å². The van der Waals surface area contributed by atoms with Crippen LogP contribution in [0.5, 0.6) is 0 Å². The van der Waals surface area contributed by atoms with Crippen LogP contribution < -0.4 is 4.72 Å². The number of esters is 1. The highest BCUT2D eigenvalue weighted by molar-refractivity contribution is 7.89. The van der Waals surface area contributed by atoms with Crippen LogP contribution in [0.1, 0.15) is 45.2 Å². The number of rotatable bonds is 11. The lowest BCUT2D eigenvalue weighted by Gasteiger charge is -2.38. The first-order valence-corrected chi connectivity index (χ1v) is 14.8. The third-order valence-electron chi connectivity index (χ3n) is 7.49. The van der Waals surface area contributed by atoms with Gasteiger partial charge in [0, 0.05) is 49.4 Å². The predicted molar refractivity (Wildman–Crippen MR) is 146 cm³/mol. The highest BCUT2D eigenvalue weighted by atomic mass is 32.2. The minimum absolute atomic E-state index is 0.0947. The van der Waals surface area contributed by atoms with Crippen LogP contribution in [0, 0.1) is 23.2 Å². The van der Waals surface area contributed by atoms with Crippen molar-refractivity contribution in [3.63, 3.8) is 0 Å². The molecule has 0 radical (unpaired) electrons. The number of aromatic nitrogens is 2. The fraction of sp³-hybridized carbons (Fsp3) is 0.464. The Balaban J connectivity index is 1.55. The number of hydrogen-bond acceptors (Lipinski definition) is 6. The van der Waals surface area contributed by atoms with Crippen molar-refractivity contribution in [1.29, 1.82) is 5.26 Å². The monoisotopic (exact) mass is 553 g/mol. The molecule has 1 fully saturated rings. The zero-order valence-electron chi connectivity index (χ0n) is 22.3. The molecule has 1 aliphatic rings. The van der Waals surface area contributed by atoms with Crippen LogP contribution in [-0.2, 0) is 30.9 Å². The van der Waals surface area contributed by atoms with Gasteiger partial charge in [-0.2, -0.15) is 9.98 Å². The minimum atomic E-state index is -4.05. The van der Waals surface area contributed by atoms with Crippen molar-refractivity contribution in [2.75, 3.05) is 19.7 Å². The first-order chi connectivity index (χ1) is 18.7. The quantitative estimate of drug-likeness (QED) is 0.349. The second kappa shape index (κ2) is 12.5. The Bertz CT molecular complexity index is 1450. The molecular weight excluding hydrogens is 518 g/mol. The topological polar surface area (TPSA) is 137 Å². The number of aromatic amines is 1. The van der Waals surface area contributed by atoms with Crippen LogP contribution in [0.2, 0.25) is 0 Å². The molecule has 208 valence electrons. The minimum Gasteiger partial charge on any atom is -0.466 e. The molecule has 3 heterocycles. The predicted octanol–water partition coefficient (Wildman–Crippen LogP) is 3.41. The van der Waals surface area contributed by atoms with Gasteiger partial charge in [-0.05, 0) is 68.4 Å². The highest BCUT2D eigenvalue weighted by Crippen LogP contribution is 2.28. The van der Waals surface area contributed by atoms with Crippen LogP contribution in [0.3, 0.4) is 0 Å². The number of nitriles is 1. The molecule has 11 heteroatoms. The second-order valence-electron chi connectivity index (χ2n) is 10.0. The average Bonchev–Trinajstić information content (AvgIpc) is 3.59. The number of hydrogen-bond donors (Lipinski definition) is 2. The van der Waals surface area contributed by atoms with Gasteiger partial charge in [0.2, 0.25) is 15.9 Å². The summed E-state index contributed by atoms with van der Waals surface area (Å²) in [4.78, 5) is 30.6. The van der Waals surface area contributed by atoms with E-state index in [1.165, 1.54) is 6.07 Å². The maximum absolute atomic E-state index is 13.9. The van der Waals surface area contributed by atoms with E-state index in [1.54, 1.807) is 59.1 Å². The fourth-order valence-electron chi connectivity index (χ4n) is 5.24. The zero-order valence-corrected chi connectivity index (χ0v) is 23.1. The number of likely N-dealkylation sites (tertiary alicyclic amines) is 1. The zero-order chi connectivity index (χ0) is 28.0. The molecule has 39 heavy (non-hydrogen) atoms. The Morgan fingerprint density at radius 2 is 2.08 bits per heavy atom. The van der Waals surface area contributed by atoms with Crippen LogP contribution in [0.4, 0.5) is 0 Å². The Labute approximate surface area is 229 Å². The average molecular weight is 554 g/mol. The third-order valence-corrected chi connectivity index (χ3v) is 9.02. The maximum Gasteiger partial charge on any atom is 0.305 e. The Morgan fingerprint density at radius 3 is 2.85 bits per heavy atom. The number of sulfonamides is 1. The van der Waals surface area contributed by atoms with E-state index in [0.717, 1.165) is 6.42 Å². The van der Waals surface area contributed by atoms with Gasteiger partial charge < -0.3 is 19.2 Å². The van der Waals surface area contributed by atoms with Crippen molar-refractivity contribution in [2.45, 2.75) is 57.0 Å². The van der Waals surface area contributed by atoms with E-state index in [9.17, 15) is 23.3 Å². The summed E-state index contributed by atoms with van der Waals surface area (Å²) >= 11 is 0. The number of nitrogens with one attached hydrogen (secondary N) is 2. The largest absolute Gasteiger partial charge is 0.466 e. The molecule has 4 rings (SSSR count). The van der Waals surface area contributed by atoms with Gasteiger partial charge in [0.15, 0.2) is 0 Å². The molecule has 0 bridgehead atoms. The van der Waals surface area contributed by atoms with E-state index in [0.29, 0.717) is 55.2 Å². The normalized spacial score (nSPS) is 18.5. The first-order valence-electron chi connectivity index (χ1n) is 13.3. The summed E-state index contributed by atoms with van der Waals surface area (Å²) in [5.41, 5.74) is 1.12. The number of ether oxygens (including phenoxy) is 1. The molecule has 1 amide bonds. The molecule has 0 saturated carbocycles. The lowest BCUT2D eigenvalue weighted by Crippen LogP contribution is -2.52. The number of piperidine rings is 1. The van der Waals surface area contributed by atoms with Crippen molar-refractivity contribution in [1.82, 2.24) is 19.2 Å². The number of aryl methyl sites for hydroxylation is 1. The van der Waals surface area contributed by atoms with E-state index in [-0.39, 0.29) is 35.5 Å². The number of carbonyl (C=O) groups is 2. The van der Waals surface area contributed by atoms with E-state index >= 15 is 0 Å². The van der Waals surface area contributed by atoms with Crippen molar-refractivity contribution in [2.24, 2.45) is 11.8 Å². The van der Waals surface area contributed by atoms with E-state index < -0.39 is 16.1 Å². The molecule has 2 N–H and O–H groups in total. The molecule has 3 aromatic rings. The SMILES string of the molecule is CCOC(=O)CC[C@H]1CN(C(=O)C(CCn2cccc2C#N)NS(=O)(=O)c2cccc3[nH]ccc23)CC[C@H]1C. The number of nitrogens with zero attached hydrogens (tertiary/aromatic N) is 3. The van der Waals surface area contributed by atoms with Crippen LogP contribution >= 0.6 is 0 Å². The highest BCUT2D eigenvalue weighted by Gasteiger charge is 2.35. The van der Waals surface area contributed by atoms with Gasteiger partial charge in [-0.25, -0.2) is 8.42 Å². The smallest absolute Gasteiger partial charge is 0.305 e. The van der Waals surface area contributed by atoms with Crippen molar-refractivity contribution >= 4 is 32.8 Å². The fourth-order valence-corrected chi connectivity index (χ4v) is 6.68. The summed E-state index contributed by atoms with van der Waals surface area (Å²) in [6.45, 7) is 5.46. The second-order valence-corrected chi connectivity index (χ2v) is 11.7. The molecular formula is C28H35N5O5S. The number of H-pyrrole nitrogens is 1. The lowest BCUT2D eigenvalue weighted by molar-refractivity contribution is -0.143. The lowest BCUT2D eigenvalue weighted by atomic mass is 9.83. The van der Waals surface area contributed by atoms with Gasteiger partial charge in [-0.15, -0.1) is 0 Å². The van der Waals surface area contributed by atoms with Crippen molar-refractivity contribution in [3.05, 3.63) is 54.5 Å². The van der Waals surface area contributed by atoms with Crippen molar-refractivity contribution in [3.8, 4) is 6.07 Å². The van der Waals surface area contributed by atoms with Gasteiger partial charge in [-0.3, -0.25) is 9.59 Å². The van der Waals surface area contributed by atoms with Gasteiger partial charge >= 0.3 is 5.97 Å². The summed E-state index contributed by atoms with van der Waals surface area (Å²) in [7, 11) is -4.05. The van der Waals surface area contributed by atoms with Crippen LogP contribution in [-0.4, -0.2) is 60.5 Å². The molecule has 1 aliphatic heterocycles. The standard InChI is InChI=1S/C28H35N5O5S/c1-3-38-27(34)10-9-21-19-33(16-12-20(21)2)28(35)25(13-17-32-15-5-6-22(32)18-29)31-39(36,37)26-8-4-7-24-23(26)11-14-30-24/h4-8,11,14-15,20-21,25,30-31H,3,9-10,12-13,16-17,19H2,1-2H3/t20-,21+,25?/m1/s1. The first kappa shape index (κ1) is 28.4. The summed E-state index contributed by atoms with van der Waals surface area (Å²) in [6.07, 6.45) is 5.23. The Kier molecular flexibility index (Phi) is 9.09. The molecule has 2 aromatic heterocycles. The summed E-state index contributed by atoms with van der Waals surface area (Å²) in [6, 6.07) is 11.2. The Morgan fingerprint density at radius 1 is 1.26 bits per heavy atom. The molecule has 1 unspecified atom stereocenters. The number of amides is 1. The molecule has 1 aromatic carbocycles. The van der Waals surface area contributed by atoms with Gasteiger partial charge in [0.05, 0.1) is 11.5 Å². The summed E-state index contributed by atoms with van der Waals surface area (Å²) in [5.74, 6) is -0.133. The molecule has 0 aliphatic carbocycles. The van der Waals surface area contributed by atoms with Gasteiger partial charge in [-0.1, -0.05) is 13.0 Å². The number of fused-ring (bicyclic) bond motifs is 1. The molecule has 1 saturated heterocycles. The van der Waals surface area contributed by atoms with Gasteiger partial charge in [0.25, 0.3) is 0 Å². The summed E-state index contributed by atoms with van der Waals surface area (Å²) in [5, 5.41) is 9.93. The summed E-state index contributed by atoms with van der Waals surface area (Å²) < 4.78 is 36.6.